The molecule has 1 aromatic carbocycles. The number of rotatable bonds is 8. The fourth-order valence-electron chi connectivity index (χ4n) is 5.23. The van der Waals surface area contributed by atoms with Gasteiger partial charge >= 0.3 is 0 Å². The predicted molar refractivity (Wildman–Crippen MR) is 161 cm³/mol. The number of halogens is 1. The number of hydrogen-bond donors (Lipinski definition) is 4. The lowest BCUT2D eigenvalue weighted by atomic mass is 9.74. The van der Waals surface area contributed by atoms with Crippen LogP contribution in [-0.2, 0) is 0 Å². The quantitative estimate of drug-likeness (QED) is 0.326. The van der Waals surface area contributed by atoms with Crippen LogP contribution in [0.25, 0.3) is 0 Å². The molecule has 2 heterocycles. The van der Waals surface area contributed by atoms with Gasteiger partial charge in [0.05, 0.1) is 12.8 Å². The van der Waals surface area contributed by atoms with Crippen LogP contribution in [0.1, 0.15) is 47.0 Å². The second-order valence-electron chi connectivity index (χ2n) is 9.59. The third-order valence-electron chi connectivity index (χ3n) is 7.13. The Bertz CT molecular complexity index is 966. The Morgan fingerprint density at radius 3 is 2.34 bits per heavy atom. The van der Waals surface area contributed by atoms with Crippen LogP contribution in [0.15, 0.2) is 42.6 Å². The molecule has 4 N–H and O–H groups in total. The summed E-state index contributed by atoms with van der Waals surface area (Å²) in [6.07, 6.45) is 4.84. The first-order valence-corrected chi connectivity index (χ1v) is 14.2. The molecule has 0 radical (unpaired) electrons. The summed E-state index contributed by atoms with van der Waals surface area (Å²) in [6, 6.07) is 8.68. The summed E-state index contributed by atoms with van der Waals surface area (Å²) >= 11 is 6.47. The number of β-amino-alcohol motifs (C(OH)–C–C–N with tert-alkyl or cyclic N) is 1. The Balaban J connectivity index is 0.00000121. The van der Waals surface area contributed by atoms with Crippen molar-refractivity contribution in [2.75, 3.05) is 62.0 Å². The molecule has 3 unspecified atom stereocenters. The van der Waals surface area contributed by atoms with Crippen molar-refractivity contribution in [3.8, 4) is 0 Å². The highest BCUT2D eigenvalue weighted by atomic mass is 35.5. The molecular weight excluding hydrogens is 500 g/mol. The lowest BCUT2D eigenvalue weighted by Crippen LogP contribution is -2.47. The Morgan fingerprint density at radius 2 is 1.74 bits per heavy atom. The number of allylic oxidation sites excluding steroid dienone is 1. The van der Waals surface area contributed by atoms with Crippen LogP contribution in [0.5, 0.6) is 0 Å². The fourth-order valence-corrected chi connectivity index (χ4v) is 5.37. The molecule has 9 heteroatoms. The molecule has 2 fully saturated rings. The standard InChI is InChI=1S/C26H37ClN6O.C2H6.CH4O/c1-4-20-16-18(2)15-19(3)24(20)30-25-23(27)17-28-26(31-25)29-21-5-7-22(8-6-21)33-11-9-32(10-12-33)13-14-34;2*1-2/h5-8,17,19-20,24,34H,2,4,9-16H2,1,3H3,(H2,28,29,30,31);1-2H3;2H,1H3. The maximum atomic E-state index is 9.12. The molecule has 1 saturated heterocycles. The van der Waals surface area contributed by atoms with E-state index in [1.807, 2.05) is 13.8 Å². The Kier molecular flexibility index (Phi) is 13.9. The van der Waals surface area contributed by atoms with Crippen LogP contribution in [0.4, 0.5) is 23.1 Å². The molecule has 0 bridgehead atoms. The van der Waals surface area contributed by atoms with Crippen molar-refractivity contribution < 1.29 is 10.2 Å². The first-order valence-electron chi connectivity index (χ1n) is 13.8. The SMILES string of the molecule is C=C1CC(C)C(Nc2nc(Nc3ccc(N4CCN(CCO)CC4)cc3)ncc2Cl)C(CC)C1.CC.CO. The lowest BCUT2D eigenvalue weighted by Gasteiger charge is -2.38. The molecule has 0 spiro atoms. The molecule has 2 aliphatic rings. The second kappa shape index (κ2) is 16.5. The number of nitrogens with zero attached hydrogens (tertiary/aromatic N) is 4. The molecule has 1 aliphatic heterocycles. The topological polar surface area (TPSA) is 96.8 Å². The molecule has 2 aromatic rings. The van der Waals surface area contributed by atoms with Gasteiger partial charge in [0.15, 0.2) is 5.82 Å². The largest absolute Gasteiger partial charge is 0.400 e. The van der Waals surface area contributed by atoms with Gasteiger partial charge in [-0.3, -0.25) is 4.90 Å². The van der Waals surface area contributed by atoms with E-state index in [0.717, 1.165) is 64.8 Å². The molecule has 212 valence electrons. The highest BCUT2D eigenvalue weighted by Crippen LogP contribution is 2.36. The smallest absolute Gasteiger partial charge is 0.229 e. The Hall–Kier alpha value is -2.39. The van der Waals surface area contributed by atoms with Crippen molar-refractivity contribution in [3.05, 3.63) is 47.6 Å². The van der Waals surface area contributed by atoms with Crippen molar-refractivity contribution in [3.63, 3.8) is 0 Å². The zero-order valence-corrected chi connectivity index (χ0v) is 24.5. The number of aliphatic hydroxyl groups is 2. The van der Waals surface area contributed by atoms with Crippen molar-refractivity contribution >= 4 is 34.7 Å². The summed E-state index contributed by atoms with van der Waals surface area (Å²) in [5, 5.41) is 23.6. The van der Waals surface area contributed by atoms with Gasteiger partial charge in [0, 0.05) is 57.3 Å². The van der Waals surface area contributed by atoms with E-state index in [2.05, 4.69) is 70.1 Å². The number of hydrogen-bond acceptors (Lipinski definition) is 8. The third kappa shape index (κ3) is 8.83. The van der Waals surface area contributed by atoms with Crippen LogP contribution < -0.4 is 15.5 Å². The fraction of sp³-hybridized carbons (Fsp3) is 0.586. The van der Waals surface area contributed by atoms with Gasteiger partial charge < -0.3 is 25.7 Å². The molecule has 1 aromatic heterocycles. The van der Waals surface area contributed by atoms with E-state index < -0.39 is 0 Å². The van der Waals surface area contributed by atoms with Gasteiger partial charge in [-0.1, -0.05) is 57.9 Å². The van der Waals surface area contributed by atoms with Crippen LogP contribution in [0.3, 0.4) is 0 Å². The number of piperazine rings is 1. The van der Waals surface area contributed by atoms with E-state index >= 15 is 0 Å². The number of aliphatic hydroxyl groups excluding tert-OH is 2. The highest BCUT2D eigenvalue weighted by Gasteiger charge is 2.32. The van der Waals surface area contributed by atoms with Crippen molar-refractivity contribution in [1.29, 1.82) is 0 Å². The molecule has 8 nitrogen and oxygen atoms in total. The molecule has 4 rings (SSSR count). The Morgan fingerprint density at radius 1 is 1.08 bits per heavy atom. The van der Waals surface area contributed by atoms with Gasteiger partial charge in [0.25, 0.3) is 0 Å². The summed E-state index contributed by atoms with van der Waals surface area (Å²) in [6.45, 7) is 17.6. The van der Waals surface area contributed by atoms with E-state index in [4.69, 9.17) is 26.8 Å². The summed E-state index contributed by atoms with van der Waals surface area (Å²) in [7, 11) is 1.00. The van der Waals surface area contributed by atoms with E-state index in [0.29, 0.717) is 34.7 Å². The molecule has 1 aliphatic carbocycles. The van der Waals surface area contributed by atoms with Crippen LogP contribution in [0, 0.1) is 11.8 Å². The Labute approximate surface area is 234 Å². The molecule has 3 atom stereocenters. The molecular formula is C29H47ClN6O2. The lowest BCUT2D eigenvalue weighted by molar-refractivity contribution is 0.189. The number of aromatic nitrogens is 2. The van der Waals surface area contributed by atoms with E-state index in [9.17, 15) is 0 Å². The average molecular weight is 547 g/mol. The third-order valence-corrected chi connectivity index (χ3v) is 7.41. The summed E-state index contributed by atoms with van der Waals surface area (Å²) in [5.41, 5.74) is 3.47. The normalized spacial score (nSPS) is 21.5. The van der Waals surface area contributed by atoms with E-state index in [-0.39, 0.29) is 6.61 Å². The van der Waals surface area contributed by atoms with Gasteiger partial charge in [-0.05, 0) is 48.9 Å². The minimum atomic E-state index is 0.221. The van der Waals surface area contributed by atoms with Crippen molar-refractivity contribution in [1.82, 2.24) is 14.9 Å². The van der Waals surface area contributed by atoms with E-state index in [1.54, 1.807) is 6.20 Å². The van der Waals surface area contributed by atoms with Crippen LogP contribution >= 0.6 is 11.6 Å². The van der Waals surface area contributed by atoms with Crippen molar-refractivity contribution in [2.45, 2.75) is 53.0 Å². The van der Waals surface area contributed by atoms with E-state index in [1.165, 1.54) is 11.3 Å². The number of benzene rings is 1. The summed E-state index contributed by atoms with van der Waals surface area (Å²) in [4.78, 5) is 13.8. The van der Waals surface area contributed by atoms with Gasteiger partial charge in [-0.25, -0.2) is 4.98 Å². The van der Waals surface area contributed by atoms with Gasteiger partial charge in [-0.15, -0.1) is 0 Å². The zero-order valence-electron chi connectivity index (χ0n) is 23.8. The van der Waals surface area contributed by atoms with Gasteiger partial charge in [0.1, 0.15) is 5.02 Å². The maximum Gasteiger partial charge on any atom is 0.229 e. The number of anilines is 4. The maximum absolute atomic E-state index is 9.12. The van der Waals surface area contributed by atoms with Gasteiger partial charge in [-0.2, -0.15) is 4.98 Å². The summed E-state index contributed by atoms with van der Waals surface area (Å²) in [5.74, 6) is 2.21. The molecule has 1 saturated carbocycles. The van der Waals surface area contributed by atoms with Crippen molar-refractivity contribution in [2.24, 2.45) is 11.8 Å². The first-order chi connectivity index (χ1) is 18.5. The monoisotopic (exact) mass is 546 g/mol. The number of nitrogens with one attached hydrogen (secondary N) is 2. The van der Waals surface area contributed by atoms with Gasteiger partial charge in [0.2, 0.25) is 5.95 Å². The average Bonchev–Trinajstić information content (AvgIpc) is 2.95. The second-order valence-corrected chi connectivity index (χ2v) is 10.00. The van der Waals surface area contributed by atoms with Crippen LogP contribution in [0.2, 0.25) is 5.02 Å². The predicted octanol–water partition coefficient (Wildman–Crippen LogP) is 5.42. The zero-order chi connectivity index (χ0) is 28.1. The molecule has 0 amide bonds. The minimum Gasteiger partial charge on any atom is -0.400 e. The summed E-state index contributed by atoms with van der Waals surface area (Å²) < 4.78 is 0. The molecule has 38 heavy (non-hydrogen) atoms. The minimum absolute atomic E-state index is 0.221. The first kappa shape index (κ1) is 31.8. The highest BCUT2D eigenvalue weighted by molar-refractivity contribution is 6.32. The van der Waals surface area contributed by atoms with Crippen LogP contribution in [-0.4, -0.2) is 77.6 Å².